The standard InChI is InChI=1S/C22H14N4/c1-2-14-12-16-4-8-20(25-16)18-6-5-17(21-9-10-22(18)26-21)19-7-3-15(24-19)11-13(1)23-14/h1-12,23,26H. The predicted molar refractivity (Wildman–Crippen MR) is 106 cm³/mol. The molecule has 2 aromatic heterocycles. The zero-order valence-electron chi connectivity index (χ0n) is 13.8. The molecule has 4 aliphatic rings. The van der Waals surface area contributed by atoms with Crippen LogP contribution in [0.4, 0.5) is 0 Å². The molecule has 0 aromatic carbocycles. The van der Waals surface area contributed by atoms with Gasteiger partial charge < -0.3 is 9.97 Å². The highest BCUT2D eigenvalue weighted by Crippen LogP contribution is 2.33. The van der Waals surface area contributed by atoms with Crippen LogP contribution in [-0.2, 0) is 0 Å². The highest BCUT2D eigenvalue weighted by atomic mass is 14.8. The van der Waals surface area contributed by atoms with Gasteiger partial charge in [0.1, 0.15) is 0 Å². The van der Waals surface area contributed by atoms with Gasteiger partial charge in [0.15, 0.2) is 0 Å². The molecule has 0 spiro atoms. The molecule has 2 N–H and O–H groups in total. The Balaban J connectivity index is 1.72. The van der Waals surface area contributed by atoms with Crippen LogP contribution in [-0.4, -0.2) is 21.4 Å². The Morgan fingerprint density at radius 3 is 1.62 bits per heavy atom. The Morgan fingerprint density at radius 1 is 0.538 bits per heavy atom. The molecule has 2 aromatic rings. The van der Waals surface area contributed by atoms with Crippen molar-refractivity contribution in [3.05, 3.63) is 94.2 Å². The van der Waals surface area contributed by atoms with Gasteiger partial charge in [-0.15, -0.1) is 0 Å². The van der Waals surface area contributed by atoms with Crippen molar-refractivity contribution in [1.82, 2.24) is 9.97 Å². The monoisotopic (exact) mass is 334 g/mol. The number of nitrogens with zero attached hydrogens (tertiary/aromatic N) is 2. The third kappa shape index (κ3) is 2.02. The molecule has 0 radical (unpaired) electrons. The topological polar surface area (TPSA) is 56.3 Å². The summed E-state index contributed by atoms with van der Waals surface area (Å²) in [6.07, 6.45) is 16.6. The number of nitrogens with one attached hydrogen (secondary N) is 2. The summed E-state index contributed by atoms with van der Waals surface area (Å²) in [5.41, 5.74) is 8.14. The molecule has 4 heteroatoms. The smallest absolute Gasteiger partial charge is 0.0730 e. The number of aromatic nitrogens is 2. The van der Waals surface area contributed by atoms with Crippen LogP contribution in [0, 0.1) is 0 Å². The van der Waals surface area contributed by atoms with Crippen LogP contribution in [0.2, 0.25) is 0 Å². The second-order valence-electron chi connectivity index (χ2n) is 6.61. The molecule has 4 aliphatic heterocycles. The van der Waals surface area contributed by atoms with Gasteiger partial charge in [-0.3, -0.25) is 0 Å². The first-order valence-corrected chi connectivity index (χ1v) is 8.60. The molecule has 0 amide bonds. The second kappa shape index (κ2) is 4.92. The van der Waals surface area contributed by atoms with E-state index in [1.54, 1.807) is 0 Å². The fourth-order valence-electron chi connectivity index (χ4n) is 3.64. The largest absolute Gasteiger partial charge is 0.355 e. The Morgan fingerprint density at radius 2 is 1.08 bits per heavy atom. The van der Waals surface area contributed by atoms with Gasteiger partial charge in [-0.1, -0.05) is 0 Å². The molecule has 0 saturated carbocycles. The number of rotatable bonds is 0. The maximum absolute atomic E-state index is 4.80. The highest BCUT2D eigenvalue weighted by molar-refractivity contribution is 6.20. The maximum Gasteiger partial charge on any atom is 0.0730 e. The zero-order valence-corrected chi connectivity index (χ0v) is 13.8. The molecule has 10 bridgehead atoms. The van der Waals surface area contributed by atoms with Gasteiger partial charge in [-0.25, -0.2) is 9.98 Å². The summed E-state index contributed by atoms with van der Waals surface area (Å²) >= 11 is 0. The SMILES string of the molecule is C1=CC2=C3C=CC(=C4C=CC(=N4)C=c4ccc([nH]4)=CC1=N2)c1ccc3[nH]1. The molecule has 0 aliphatic carbocycles. The maximum atomic E-state index is 4.80. The Hall–Kier alpha value is -3.66. The first-order valence-electron chi connectivity index (χ1n) is 8.60. The number of aromatic amines is 2. The molecular weight excluding hydrogens is 320 g/mol. The molecule has 0 unspecified atom stereocenters. The molecule has 26 heavy (non-hydrogen) atoms. The summed E-state index contributed by atoms with van der Waals surface area (Å²) in [6, 6.07) is 8.34. The van der Waals surface area contributed by atoms with E-state index in [1.165, 1.54) is 0 Å². The van der Waals surface area contributed by atoms with Crippen LogP contribution in [0.1, 0.15) is 11.4 Å². The lowest BCUT2D eigenvalue weighted by atomic mass is 10.0. The van der Waals surface area contributed by atoms with Gasteiger partial charge in [0.2, 0.25) is 0 Å². The lowest BCUT2D eigenvalue weighted by Gasteiger charge is -2.01. The van der Waals surface area contributed by atoms with E-state index in [4.69, 9.17) is 9.98 Å². The second-order valence-corrected chi connectivity index (χ2v) is 6.61. The Labute approximate surface area is 149 Å². The minimum Gasteiger partial charge on any atom is -0.355 e. The average Bonchev–Trinajstić information content (AvgIpc) is 3.38. The van der Waals surface area contributed by atoms with Gasteiger partial charge >= 0.3 is 0 Å². The lowest BCUT2D eigenvalue weighted by Crippen LogP contribution is -2.12. The third-order valence-corrected chi connectivity index (χ3v) is 4.90. The minimum atomic E-state index is 0.942. The van der Waals surface area contributed by atoms with E-state index in [0.717, 1.165) is 56.0 Å². The number of fused-ring (bicyclic) bond motifs is 10. The van der Waals surface area contributed by atoms with Gasteiger partial charge in [0.05, 0.1) is 22.8 Å². The van der Waals surface area contributed by atoms with Crippen molar-refractivity contribution < 1.29 is 0 Å². The summed E-state index contributed by atoms with van der Waals surface area (Å²) < 4.78 is 0. The van der Waals surface area contributed by atoms with Gasteiger partial charge in [0.25, 0.3) is 0 Å². The van der Waals surface area contributed by atoms with Gasteiger partial charge in [0, 0.05) is 33.2 Å². The van der Waals surface area contributed by atoms with E-state index >= 15 is 0 Å². The van der Waals surface area contributed by atoms with Crippen molar-refractivity contribution in [2.45, 2.75) is 0 Å². The fraction of sp³-hybridized carbons (Fsp3) is 0. The molecule has 0 fully saturated rings. The van der Waals surface area contributed by atoms with Crippen LogP contribution < -0.4 is 10.7 Å². The summed E-state index contributed by atoms with van der Waals surface area (Å²) in [5, 5.41) is 2.06. The third-order valence-electron chi connectivity index (χ3n) is 4.90. The van der Waals surface area contributed by atoms with E-state index < -0.39 is 0 Å². The lowest BCUT2D eigenvalue weighted by molar-refractivity contribution is 1.27. The van der Waals surface area contributed by atoms with Gasteiger partial charge in [-0.2, -0.15) is 0 Å². The average molecular weight is 334 g/mol. The van der Waals surface area contributed by atoms with Crippen molar-refractivity contribution >= 4 is 34.7 Å². The van der Waals surface area contributed by atoms with E-state index in [0.29, 0.717) is 0 Å². The molecule has 6 heterocycles. The van der Waals surface area contributed by atoms with Crippen LogP contribution >= 0.6 is 0 Å². The van der Waals surface area contributed by atoms with Crippen LogP contribution in [0.25, 0.3) is 23.3 Å². The minimum absolute atomic E-state index is 0.942. The molecule has 0 saturated heterocycles. The summed E-state index contributed by atoms with van der Waals surface area (Å²) in [5.74, 6) is 0. The number of hydrogen-bond acceptors (Lipinski definition) is 2. The highest BCUT2D eigenvalue weighted by Gasteiger charge is 2.18. The van der Waals surface area contributed by atoms with E-state index in [9.17, 15) is 0 Å². The summed E-state index contributed by atoms with van der Waals surface area (Å²) in [4.78, 5) is 16.5. The normalized spacial score (nSPS) is 19.1. The Bertz CT molecular complexity index is 1210. The fourth-order valence-corrected chi connectivity index (χ4v) is 3.64. The molecular formula is C22H14N4. The van der Waals surface area contributed by atoms with Crippen molar-refractivity contribution in [3.8, 4) is 0 Å². The van der Waals surface area contributed by atoms with Gasteiger partial charge in [-0.05, 0) is 72.9 Å². The van der Waals surface area contributed by atoms with Crippen LogP contribution in [0.5, 0.6) is 0 Å². The van der Waals surface area contributed by atoms with E-state index in [2.05, 4.69) is 82.8 Å². The first-order chi connectivity index (χ1) is 12.8. The number of aliphatic imine (C=N–C) groups is 2. The molecule has 6 rings (SSSR count). The van der Waals surface area contributed by atoms with Crippen molar-refractivity contribution in [2.75, 3.05) is 0 Å². The zero-order chi connectivity index (χ0) is 17.1. The van der Waals surface area contributed by atoms with Crippen molar-refractivity contribution in [3.63, 3.8) is 0 Å². The van der Waals surface area contributed by atoms with Crippen LogP contribution in [0.15, 0.2) is 82.1 Å². The number of H-pyrrole nitrogens is 2. The van der Waals surface area contributed by atoms with Crippen molar-refractivity contribution in [2.24, 2.45) is 9.98 Å². The van der Waals surface area contributed by atoms with E-state index in [1.807, 2.05) is 0 Å². The first kappa shape index (κ1) is 13.6. The summed E-state index contributed by atoms with van der Waals surface area (Å²) in [7, 11) is 0. The number of allylic oxidation sites excluding steroid dienone is 8. The molecule has 122 valence electrons. The number of hydrogen-bond donors (Lipinski definition) is 2. The summed E-state index contributed by atoms with van der Waals surface area (Å²) in [6.45, 7) is 0. The van der Waals surface area contributed by atoms with Crippen LogP contribution in [0.3, 0.4) is 0 Å². The predicted octanol–water partition coefficient (Wildman–Crippen LogP) is 2.63. The Kier molecular flexibility index (Phi) is 2.58. The van der Waals surface area contributed by atoms with E-state index in [-0.39, 0.29) is 0 Å². The molecule has 4 nitrogen and oxygen atoms in total. The molecule has 0 atom stereocenters. The van der Waals surface area contributed by atoms with Crippen molar-refractivity contribution in [1.29, 1.82) is 0 Å². The quantitative estimate of drug-likeness (QED) is 0.744.